The average Bonchev–Trinajstić information content (AvgIpc) is 2.46. The minimum absolute atomic E-state index is 0.836. The fraction of sp³-hybridized carbons (Fsp3) is 0.556. The van der Waals surface area contributed by atoms with Crippen LogP contribution in [0.5, 0.6) is 0 Å². The molecule has 0 spiro atoms. The van der Waals surface area contributed by atoms with Crippen LogP contribution in [0.15, 0.2) is 15.2 Å². The van der Waals surface area contributed by atoms with Gasteiger partial charge >= 0.3 is 0 Å². The van der Waals surface area contributed by atoms with Gasteiger partial charge in [0.1, 0.15) is 0 Å². The number of thiophene rings is 1. The molecule has 1 nitrogen and oxygen atoms in total. The first-order valence-corrected chi connectivity index (χ1v) is 5.81. The lowest BCUT2D eigenvalue weighted by Gasteiger charge is -2.00. The largest absolute Gasteiger partial charge is 0.381 e. The third kappa shape index (κ3) is 3.25. The first-order chi connectivity index (χ1) is 5.84. The van der Waals surface area contributed by atoms with Crippen LogP contribution < -0.4 is 0 Å². The molecule has 0 fully saturated rings. The molecule has 0 saturated heterocycles. The first kappa shape index (κ1) is 10.2. The van der Waals surface area contributed by atoms with E-state index in [2.05, 4.69) is 34.3 Å². The summed E-state index contributed by atoms with van der Waals surface area (Å²) in [7, 11) is 0. The average molecular weight is 249 g/mol. The van der Waals surface area contributed by atoms with Gasteiger partial charge in [-0.2, -0.15) is 0 Å². The summed E-state index contributed by atoms with van der Waals surface area (Å²) in [6.45, 7) is 3.84. The molecular weight excluding hydrogens is 236 g/mol. The van der Waals surface area contributed by atoms with Crippen molar-refractivity contribution in [1.29, 1.82) is 0 Å². The zero-order valence-corrected chi connectivity index (χ0v) is 9.58. The predicted molar refractivity (Wildman–Crippen MR) is 56.8 cm³/mol. The summed E-state index contributed by atoms with van der Waals surface area (Å²) in [4.78, 5) is 0. The van der Waals surface area contributed by atoms with Gasteiger partial charge in [0.15, 0.2) is 0 Å². The van der Waals surface area contributed by atoms with Crippen LogP contribution in [0.2, 0.25) is 0 Å². The van der Waals surface area contributed by atoms with Crippen LogP contribution in [0, 0.1) is 0 Å². The van der Waals surface area contributed by atoms with E-state index < -0.39 is 0 Å². The van der Waals surface area contributed by atoms with Crippen molar-refractivity contribution < 1.29 is 4.74 Å². The molecule has 0 unspecified atom stereocenters. The molecule has 0 aliphatic rings. The molecule has 0 aromatic carbocycles. The molecule has 68 valence electrons. The maximum Gasteiger partial charge on any atom is 0.0731 e. The summed E-state index contributed by atoms with van der Waals surface area (Å²) in [6.07, 6.45) is 2.12. The van der Waals surface area contributed by atoms with Crippen molar-refractivity contribution >= 4 is 27.3 Å². The molecule has 0 aliphatic heterocycles. The number of hydrogen-bond donors (Lipinski definition) is 0. The Bertz CT molecular complexity index is 222. The summed E-state index contributed by atoms with van der Waals surface area (Å²) < 4.78 is 6.63. The molecule has 0 N–H and O–H groups in total. The molecule has 1 heterocycles. The molecule has 0 amide bonds. The SMILES string of the molecule is CCCOCCc1ccsc1Br. The summed E-state index contributed by atoms with van der Waals surface area (Å²) in [5.74, 6) is 0. The fourth-order valence-corrected chi connectivity index (χ4v) is 2.25. The van der Waals surface area contributed by atoms with Crippen molar-refractivity contribution in [3.05, 3.63) is 20.8 Å². The van der Waals surface area contributed by atoms with Gasteiger partial charge in [-0.25, -0.2) is 0 Å². The lowest BCUT2D eigenvalue weighted by Crippen LogP contribution is -1.98. The Morgan fingerprint density at radius 1 is 1.50 bits per heavy atom. The Morgan fingerprint density at radius 2 is 2.33 bits per heavy atom. The number of hydrogen-bond acceptors (Lipinski definition) is 2. The van der Waals surface area contributed by atoms with E-state index in [1.54, 1.807) is 11.3 Å². The van der Waals surface area contributed by atoms with Crippen LogP contribution in [0.1, 0.15) is 18.9 Å². The molecule has 1 aromatic rings. The Labute approximate surface area is 85.9 Å². The molecule has 0 saturated carbocycles. The van der Waals surface area contributed by atoms with Crippen LogP contribution in [-0.4, -0.2) is 13.2 Å². The van der Waals surface area contributed by atoms with Crippen molar-refractivity contribution in [3.8, 4) is 0 Å². The van der Waals surface area contributed by atoms with Gasteiger partial charge in [0.25, 0.3) is 0 Å². The standard InChI is InChI=1S/C9H13BrOS/c1-2-5-11-6-3-8-4-7-12-9(8)10/h4,7H,2-3,5-6H2,1H3. The smallest absolute Gasteiger partial charge is 0.0731 e. The van der Waals surface area contributed by atoms with E-state index in [4.69, 9.17) is 4.74 Å². The molecule has 0 radical (unpaired) electrons. The molecule has 0 aliphatic carbocycles. The predicted octanol–water partition coefficient (Wildman–Crippen LogP) is 3.48. The highest BCUT2D eigenvalue weighted by atomic mass is 79.9. The second kappa shape index (κ2) is 5.73. The molecule has 0 bridgehead atoms. The van der Waals surface area contributed by atoms with Gasteiger partial charge in [0.05, 0.1) is 10.4 Å². The lowest BCUT2D eigenvalue weighted by atomic mass is 10.3. The van der Waals surface area contributed by atoms with E-state index in [1.165, 1.54) is 9.35 Å². The Hall–Kier alpha value is 0.140. The highest BCUT2D eigenvalue weighted by Gasteiger charge is 1.99. The zero-order chi connectivity index (χ0) is 8.81. The summed E-state index contributed by atoms with van der Waals surface area (Å²) >= 11 is 5.23. The third-order valence-electron chi connectivity index (χ3n) is 1.56. The van der Waals surface area contributed by atoms with Crippen molar-refractivity contribution in [1.82, 2.24) is 0 Å². The number of rotatable bonds is 5. The van der Waals surface area contributed by atoms with Gasteiger partial charge in [0.2, 0.25) is 0 Å². The van der Waals surface area contributed by atoms with Crippen LogP contribution in [0.4, 0.5) is 0 Å². The normalized spacial score (nSPS) is 10.5. The Morgan fingerprint density at radius 3 is 2.92 bits per heavy atom. The summed E-state index contributed by atoms with van der Waals surface area (Å²) in [6, 6.07) is 2.14. The van der Waals surface area contributed by atoms with E-state index in [9.17, 15) is 0 Å². The van der Waals surface area contributed by atoms with E-state index in [-0.39, 0.29) is 0 Å². The van der Waals surface area contributed by atoms with Gasteiger partial charge in [-0.15, -0.1) is 11.3 Å². The summed E-state index contributed by atoms with van der Waals surface area (Å²) in [5, 5.41) is 2.10. The highest BCUT2D eigenvalue weighted by Crippen LogP contribution is 2.23. The van der Waals surface area contributed by atoms with E-state index >= 15 is 0 Å². The van der Waals surface area contributed by atoms with Crippen molar-refractivity contribution in [2.45, 2.75) is 19.8 Å². The van der Waals surface area contributed by atoms with Crippen molar-refractivity contribution in [3.63, 3.8) is 0 Å². The van der Waals surface area contributed by atoms with Crippen LogP contribution in [0.3, 0.4) is 0 Å². The molecule has 1 rings (SSSR count). The number of halogens is 1. The van der Waals surface area contributed by atoms with Gasteiger partial charge in [0, 0.05) is 6.61 Å². The Kier molecular flexibility index (Phi) is 4.88. The van der Waals surface area contributed by atoms with Crippen LogP contribution in [0.25, 0.3) is 0 Å². The molecule has 12 heavy (non-hydrogen) atoms. The molecular formula is C9H13BrOS. The van der Waals surface area contributed by atoms with Crippen molar-refractivity contribution in [2.75, 3.05) is 13.2 Å². The highest BCUT2D eigenvalue weighted by molar-refractivity contribution is 9.11. The third-order valence-corrected chi connectivity index (χ3v) is 3.37. The van der Waals surface area contributed by atoms with Gasteiger partial charge in [-0.3, -0.25) is 0 Å². The quantitative estimate of drug-likeness (QED) is 0.726. The van der Waals surface area contributed by atoms with Gasteiger partial charge in [-0.1, -0.05) is 6.92 Å². The minimum atomic E-state index is 0.836. The fourth-order valence-electron chi connectivity index (χ4n) is 0.927. The minimum Gasteiger partial charge on any atom is -0.381 e. The second-order valence-corrected chi connectivity index (χ2v) is 4.82. The van der Waals surface area contributed by atoms with E-state index in [0.29, 0.717) is 0 Å². The molecule has 3 heteroatoms. The zero-order valence-electron chi connectivity index (χ0n) is 7.18. The maximum atomic E-state index is 5.39. The maximum absolute atomic E-state index is 5.39. The molecule has 1 aromatic heterocycles. The Balaban J connectivity index is 2.20. The van der Waals surface area contributed by atoms with Gasteiger partial charge < -0.3 is 4.74 Å². The first-order valence-electron chi connectivity index (χ1n) is 4.14. The van der Waals surface area contributed by atoms with E-state index in [0.717, 1.165) is 26.1 Å². The van der Waals surface area contributed by atoms with E-state index in [1.807, 2.05) is 0 Å². The van der Waals surface area contributed by atoms with Crippen LogP contribution >= 0.6 is 27.3 Å². The van der Waals surface area contributed by atoms with Gasteiger partial charge in [-0.05, 0) is 45.8 Å². The van der Waals surface area contributed by atoms with Crippen LogP contribution in [-0.2, 0) is 11.2 Å². The topological polar surface area (TPSA) is 9.23 Å². The molecule has 0 atom stereocenters. The summed E-state index contributed by atoms with van der Waals surface area (Å²) in [5.41, 5.74) is 1.36. The lowest BCUT2D eigenvalue weighted by molar-refractivity contribution is 0.138. The van der Waals surface area contributed by atoms with Crippen molar-refractivity contribution in [2.24, 2.45) is 0 Å². The number of ether oxygens (including phenoxy) is 1. The second-order valence-electron chi connectivity index (χ2n) is 2.58. The monoisotopic (exact) mass is 248 g/mol.